The zero-order valence-electron chi connectivity index (χ0n) is 12.9. The van der Waals surface area contributed by atoms with Gasteiger partial charge in [-0.1, -0.05) is 18.2 Å². The second-order valence-corrected chi connectivity index (χ2v) is 4.92. The van der Waals surface area contributed by atoms with E-state index in [-0.39, 0.29) is 5.69 Å². The molecule has 3 aromatic rings. The summed E-state index contributed by atoms with van der Waals surface area (Å²) in [5, 5.41) is 4.24. The molecule has 0 fully saturated rings. The summed E-state index contributed by atoms with van der Waals surface area (Å²) in [4.78, 5) is 16.2. The van der Waals surface area contributed by atoms with Gasteiger partial charge in [-0.05, 0) is 36.4 Å². The van der Waals surface area contributed by atoms with Crippen molar-refractivity contribution in [2.75, 3.05) is 19.5 Å². The summed E-state index contributed by atoms with van der Waals surface area (Å²) < 4.78 is 9.93. The molecule has 2 aromatic carbocycles. The van der Waals surface area contributed by atoms with Crippen LogP contribution in [0.5, 0.6) is 5.75 Å². The second-order valence-electron chi connectivity index (χ2n) is 4.92. The van der Waals surface area contributed by atoms with Gasteiger partial charge in [0.25, 0.3) is 0 Å². The number of nitrogens with zero attached hydrogens (tertiary/aromatic N) is 1. The summed E-state index contributed by atoms with van der Waals surface area (Å²) in [6.45, 7) is 0. The fourth-order valence-electron chi connectivity index (χ4n) is 2.32. The topological polar surface area (TPSA) is 60.5 Å². The first-order valence-corrected chi connectivity index (χ1v) is 7.10. The molecule has 0 saturated heterocycles. The van der Waals surface area contributed by atoms with E-state index in [1.165, 1.54) is 7.11 Å². The average Bonchev–Trinajstić information content (AvgIpc) is 2.61. The molecule has 1 N–H and O–H groups in total. The fourth-order valence-corrected chi connectivity index (χ4v) is 2.32. The molecule has 0 spiro atoms. The van der Waals surface area contributed by atoms with Crippen LogP contribution in [0.2, 0.25) is 0 Å². The number of rotatable bonds is 4. The third-order valence-corrected chi connectivity index (χ3v) is 3.48. The lowest BCUT2D eigenvalue weighted by Crippen LogP contribution is -2.05. The summed E-state index contributed by atoms with van der Waals surface area (Å²) in [6, 6.07) is 16.9. The second kappa shape index (κ2) is 6.36. The van der Waals surface area contributed by atoms with Gasteiger partial charge in [0, 0.05) is 11.1 Å². The highest BCUT2D eigenvalue weighted by Gasteiger charge is 2.12. The summed E-state index contributed by atoms with van der Waals surface area (Å²) in [5.41, 5.74) is 2.67. The van der Waals surface area contributed by atoms with E-state index in [9.17, 15) is 4.79 Å². The molecule has 0 bridgehead atoms. The van der Waals surface area contributed by atoms with E-state index in [1.54, 1.807) is 13.2 Å². The molecule has 5 heteroatoms. The molecule has 0 amide bonds. The van der Waals surface area contributed by atoms with Crippen molar-refractivity contribution >= 4 is 28.2 Å². The Labute approximate surface area is 133 Å². The zero-order chi connectivity index (χ0) is 16.2. The average molecular weight is 308 g/mol. The van der Waals surface area contributed by atoms with Gasteiger partial charge in [-0.25, -0.2) is 9.78 Å². The molecule has 1 aromatic heterocycles. The Balaban J connectivity index is 2.05. The lowest BCUT2D eigenvalue weighted by Gasteiger charge is -2.12. The molecule has 116 valence electrons. The summed E-state index contributed by atoms with van der Waals surface area (Å²) >= 11 is 0. The number of hydrogen-bond acceptors (Lipinski definition) is 5. The van der Waals surface area contributed by atoms with Crippen LogP contribution in [-0.4, -0.2) is 25.2 Å². The number of nitrogens with one attached hydrogen (secondary N) is 1. The number of carbonyl (C=O) groups is 1. The van der Waals surface area contributed by atoms with Gasteiger partial charge < -0.3 is 14.8 Å². The number of benzene rings is 2. The summed E-state index contributed by atoms with van der Waals surface area (Å²) in [7, 11) is 2.97. The van der Waals surface area contributed by atoms with Gasteiger partial charge in [0.1, 0.15) is 5.75 Å². The maximum atomic E-state index is 11.8. The van der Waals surface area contributed by atoms with E-state index in [4.69, 9.17) is 9.47 Å². The molecule has 0 aliphatic heterocycles. The molecule has 5 nitrogen and oxygen atoms in total. The first kappa shape index (κ1) is 14.8. The molecule has 0 atom stereocenters. The minimum atomic E-state index is -0.464. The number of anilines is 2. The van der Waals surface area contributed by atoms with Crippen LogP contribution in [-0.2, 0) is 4.74 Å². The SMILES string of the molecule is COC(=O)c1cc(Nc2ccc(OC)cc2)c2ccccc2n1. The maximum absolute atomic E-state index is 11.8. The van der Waals surface area contributed by atoms with Gasteiger partial charge in [-0.2, -0.15) is 0 Å². The van der Waals surface area contributed by atoms with Crippen LogP contribution in [0.25, 0.3) is 10.9 Å². The molecule has 23 heavy (non-hydrogen) atoms. The van der Waals surface area contributed by atoms with Crippen LogP contribution in [0.4, 0.5) is 11.4 Å². The van der Waals surface area contributed by atoms with Crippen LogP contribution in [0, 0.1) is 0 Å². The molecule has 0 aliphatic rings. The van der Waals surface area contributed by atoms with Crippen molar-refractivity contribution in [2.45, 2.75) is 0 Å². The Morgan fingerprint density at radius 1 is 1.04 bits per heavy atom. The molecule has 0 unspecified atom stereocenters. The van der Waals surface area contributed by atoms with Crippen molar-refractivity contribution in [2.24, 2.45) is 0 Å². The molecule has 0 saturated carbocycles. The Kier molecular flexibility index (Phi) is 4.10. The number of para-hydroxylation sites is 1. The first-order chi connectivity index (χ1) is 11.2. The minimum Gasteiger partial charge on any atom is -0.497 e. The van der Waals surface area contributed by atoms with E-state index >= 15 is 0 Å². The van der Waals surface area contributed by atoms with E-state index in [1.807, 2.05) is 48.5 Å². The predicted molar refractivity (Wildman–Crippen MR) is 89.4 cm³/mol. The van der Waals surface area contributed by atoms with Crippen molar-refractivity contribution in [1.82, 2.24) is 4.98 Å². The summed E-state index contributed by atoms with van der Waals surface area (Å²) in [5.74, 6) is 0.318. The standard InChI is InChI=1S/C18H16N2O3/c1-22-13-9-7-12(8-10-13)19-16-11-17(18(21)23-2)20-15-6-4-3-5-14(15)16/h3-11H,1-2H3,(H,19,20). The Morgan fingerprint density at radius 3 is 2.48 bits per heavy atom. The Morgan fingerprint density at radius 2 is 1.78 bits per heavy atom. The van der Waals surface area contributed by atoms with Gasteiger partial charge in [-0.3, -0.25) is 0 Å². The Hall–Kier alpha value is -3.08. The van der Waals surface area contributed by atoms with Gasteiger partial charge in [-0.15, -0.1) is 0 Å². The number of fused-ring (bicyclic) bond motifs is 1. The first-order valence-electron chi connectivity index (χ1n) is 7.10. The van der Waals surface area contributed by atoms with Crippen molar-refractivity contribution in [3.8, 4) is 5.75 Å². The lowest BCUT2D eigenvalue weighted by molar-refractivity contribution is 0.0594. The van der Waals surface area contributed by atoms with Crippen LogP contribution in [0.3, 0.4) is 0 Å². The number of methoxy groups -OCH3 is 2. The quantitative estimate of drug-likeness (QED) is 0.743. The molecule has 0 aliphatic carbocycles. The van der Waals surface area contributed by atoms with Crippen molar-refractivity contribution < 1.29 is 14.3 Å². The minimum absolute atomic E-state index is 0.266. The number of pyridine rings is 1. The van der Waals surface area contributed by atoms with E-state index in [0.717, 1.165) is 28.0 Å². The lowest BCUT2D eigenvalue weighted by atomic mass is 10.1. The smallest absolute Gasteiger partial charge is 0.356 e. The monoisotopic (exact) mass is 308 g/mol. The van der Waals surface area contributed by atoms with Crippen LogP contribution < -0.4 is 10.1 Å². The van der Waals surface area contributed by atoms with Crippen molar-refractivity contribution in [3.05, 3.63) is 60.3 Å². The van der Waals surface area contributed by atoms with E-state index in [0.29, 0.717) is 0 Å². The van der Waals surface area contributed by atoms with E-state index in [2.05, 4.69) is 10.3 Å². The van der Waals surface area contributed by atoms with E-state index < -0.39 is 5.97 Å². The van der Waals surface area contributed by atoms with Crippen molar-refractivity contribution in [1.29, 1.82) is 0 Å². The number of hydrogen-bond donors (Lipinski definition) is 1. The van der Waals surface area contributed by atoms with Gasteiger partial charge >= 0.3 is 5.97 Å². The van der Waals surface area contributed by atoms with Crippen LogP contribution in [0.15, 0.2) is 54.6 Å². The van der Waals surface area contributed by atoms with Gasteiger partial charge in [0.15, 0.2) is 5.69 Å². The van der Waals surface area contributed by atoms with Gasteiger partial charge in [0.2, 0.25) is 0 Å². The summed E-state index contributed by atoms with van der Waals surface area (Å²) in [6.07, 6.45) is 0. The number of aromatic nitrogens is 1. The maximum Gasteiger partial charge on any atom is 0.356 e. The molecular formula is C18H16N2O3. The molecule has 0 radical (unpaired) electrons. The molecule has 1 heterocycles. The fraction of sp³-hybridized carbons (Fsp3) is 0.111. The normalized spacial score (nSPS) is 10.3. The number of ether oxygens (including phenoxy) is 2. The molecule has 3 rings (SSSR count). The third-order valence-electron chi connectivity index (χ3n) is 3.48. The Bertz CT molecular complexity index is 845. The highest BCUT2D eigenvalue weighted by atomic mass is 16.5. The number of carbonyl (C=O) groups excluding carboxylic acids is 1. The zero-order valence-corrected chi connectivity index (χ0v) is 12.9. The predicted octanol–water partition coefficient (Wildman–Crippen LogP) is 3.77. The largest absolute Gasteiger partial charge is 0.497 e. The third kappa shape index (κ3) is 3.08. The molecular weight excluding hydrogens is 292 g/mol. The highest BCUT2D eigenvalue weighted by molar-refractivity contribution is 5.98. The van der Waals surface area contributed by atoms with Crippen molar-refractivity contribution in [3.63, 3.8) is 0 Å². The van der Waals surface area contributed by atoms with Crippen LogP contribution >= 0.6 is 0 Å². The van der Waals surface area contributed by atoms with Gasteiger partial charge in [0.05, 0.1) is 25.4 Å². The number of esters is 1. The van der Waals surface area contributed by atoms with Crippen LogP contribution in [0.1, 0.15) is 10.5 Å². The highest BCUT2D eigenvalue weighted by Crippen LogP contribution is 2.27.